The molecule has 106 valence electrons. The summed E-state index contributed by atoms with van der Waals surface area (Å²) in [6.45, 7) is 2.59. The zero-order valence-corrected chi connectivity index (χ0v) is 12.0. The van der Waals surface area contributed by atoms with Gasteiger partial charge in [0.05, 0.1) is 6.54 Å². The minimum atomic E-state index is 0.0902. The van der Waals surface area contributed by atoms with Crippen LogP contribution in [0, 0.1) is 18.8 Å². The average molecular weight is 270 g/mol. The van der Waals surface area contributed by atoms with Crippen molar-refractivity contribution in [2.75, 3.05) is 6.54 Å². The van der Waals surface area contributed by atoms with Crippen LogP contribution in [0.5, 0.6) is 0 Å². The van der Waals surface area contributed by atoms with Crippen LogP contribution < -0.4 is 5.32 Å². The smallest absolute Gasteiger partial charge is 0.238 e. The Kier molecular flexibility index (Phi) is 2.84. The van der Waals surface area contributed by atoms with Crippen molar-refractivity contribution in [2.24, 2.45) is 11.8 Å². The van der Waals surface area contributed by atoms with Crippen molar-refractivity contribution in [3.8, 4) is 0 Å². The Balaban J connectivity index is 1.62. The molecule has 20 heavy (non-hydrogen) atoms. The standard InChI is InChI=1S/C17H22N2O/c1-11-2-5-13(6-3-11)17-18-10-16(20)19(17)15-9-12-4-7-14(15)8-12/h2-3,5-6,12,14-15,17-18H,4,7-10H2,1H3. The third-order valence-corrected chi connectivity index (χ3v) is 5.46. The molecule has 3 aliphatic rings. The molecule has 4 rings (SSSR count). The Bertz CT molecular complexity index is 524. The van der Waals surface area contributed by atoms with E-state index in [0.717, 1.165) is 11.8 Å². The molecule has 1 N–H and O–H groups in total. The van der Waals surface area contributed by atoms with E-state index in [4.69, 9.17) is 0 Å². The Morgan fingerprint density at radius 3 is 2.60 bits per heavy atom. The van der Waals surface area contributed by atoms with Gasteiger partial charge in [-0.15, -0.1) is 0 Å². The first-order chi connectivity index (χ1) is 9.72. The number of hydrogen-bond acceptors (Lipinski definition) is 2. The Hall–Kier alpha value is -1.35. The third-order valence-electron chi connectivity index (χ3n) is 5.46. The number of aryl methyl sites for hydroxylation is 1. The summed E-state index contributed by atoms with van der Waals surface area (Å²) in [6.07, 6.45) is 5.36. The number of benzene rings is 1. The summed E-state index contributed by atoms with van der Waals surface area (Å²) in [6, 6.07) is 9.07. The van der Waals surface area contributed by atoms with Crippen molar-refractivity contribution in [1.82, 2.24) is 10.2 Å². The monoisotopic (exact) mass is 270 g/mol. The number of hydrogen-bond donors (Lipinski definition) is 1. The molecule has 1 saturated heterocycles. The number of carbonyl (C=O) groups is 1. The first-order valence-electron chi connectivity index (χ1n) is 7.83. The second-order valence-corrected chi connectivity index (χ2v) is 6.74. The van der Waals surface area contributed by atoms with E-state index in [2.05, 4.69) is 41.4 Å². The van der Waals surface area contributed by atoms with Gasteiger partial charge in [-0.1, -0.05) is 36.2 Å². The van der Waals surface area contributed by atoms with Crippen molar-refractivity contribution < 1.29 is 4.79 Å². The van der Waals surface area contributed by atoms with Crippen LogP contribution in [0.25, 0.3) is 0 Å². The molecule has 1 aromatic rings. The van der Waals surface area contributed by atoms with E-state index in [1.165, 1.54) is 36.8 Å². The maximum atomic E-state index is 12.4. The fourth-order valence-electron chi connectivity index (χ4n) is 4.47. The van der Waals surface area contributed by atoms with Gasteiger partial charge in [-0.3, -0.25) is 10.1 Å². The number of carbonyl (C=O) groups excluding carboxylic acids is 1. The SMILES string of the molecule is Cc1ccc(C2NCC(=O)N2C2CC3CCC2C3)cc1. The minimum Gasteiger partial charge on any atom is -0.319 e. The highest BCUT2D eigenvalue weighted by atomic mass is 16.2. The van der Waals surface area contributed by atoms with Gasteiger partial charge in [-0.25, -0.2) is 0 Å². The first kappa shape index (κ1) is 12.4. The van der Waals surface area contributed by atoms with Gasteiger partial charge in [0, 0.05) is 6.04 Å². The van der Waals surface area contributed by atoms with E-state index in [-0.39, 0.29) is 12.1 Å². The van der Waals surface area contributed by atoms with Crippen LogP contribution >= 0.6 is 0 Å². The first-order valence-corrected chi connectivity index (χ1v) is 7.83. The van der Waals surface area contributed by atoms with Crippen molar-refractivity contribution in [3.05, 3.63) is 35.4 Å². The van der Waals surface area contributed by atoms with Crippen LogP contribution in [0.15, 0.2) is 24.3 Å². The summed E-state index contributed by atoms with van der Waals surface area (Å²) in [4.78, 5) is 14.5. The number of fused-ring (bicyclic) bond motifs is 2. The van der Waals surface area contributed by atoms with E-state index < -0.39 is 0 Å². The largest absolute Gasteiger partial charge is 0.319 e. The Labute approximate surface area is 120 Å². The summed E-state index contributed by atoms with van der Waals surface area (Å²) in [5.74, 6) is 1.90. The molecule has 0 radical (unpaired) electrons. The zero-order chi connectivity index (χ0) is 13.7. The van der Waals surface area contributed by atoms with Crippen molar-refractivity contribution >= 4 is 5.91 Å². The molecule has 1 heterocycles. The lowest BCUT2D eigenvalue weighted by Crippen LogP contribution is -2.42. The molecule has 2 bridgehead atoms. The molecular formula is C17H22N2O. The summed E-state index contributed by atoms with van der Waals surface area (Å²) < 4.78 is 0. The lowest BCUT2D eigenvalue weighted by Gasteiger charge is -2.35. The van der Waals surface area contributed by atoms with Gasteiger partial charge in [0.2, 0.25) is 5.91 Å². The molecule has 4 unspecified atom stereocenters. The van der Waals surface area contributed by atoms with Crippen LogP contribution in [-0.4, -0.2) is 23.4 Å². The predicted molar refractivity (Wildman–Crippen MR) is 78.0 cm³/mol. The van der Waals surface area contributed by atoms with E-state index in [1.807, 2.05) is 0 Å². The molecular weight excluding hydrogens is 248 g/mol. The molecule has 0 aromatic heterocycles. The summed E-state index contributed by atoms with van der Waals surface area (Å²) >= 11 is 0. The fraction of sp³-hybridized carbons (Fsp3) is 0.588. The number of nitrogens with zero attached hydrogens (tertiary/aromatic N) is 1. The lowest BCUT2D eigenvalue weighted by atomic mass is 9.93. The molecule has 1 aliphatic heterocycles. The van der Waals surface area contributed by atoms with Gasteiger partial charge < -0.3 is 4.90 Å². The number of rotatable bonds is 2. The van der Waals surface area contributed by atoms with Gasteiger partial charge >= 0.3 is 0 Å². The molecule has 3 heteroatoms. The predicted octanol–water partition coefficient (Wildman–Crippen LogP) is 2.61. The van der Waals surface area contributed by atoms with Crippen LogP contribution in [0.1, 0.15) is 43.0 Å². The van der Waals surface area contributed by atoms with Gasteiger partial charge in [0.1, 0.15) is 6.17 Å². The normalized spacial score (nSPS) is 36.0. The third kappa shape index (κ3) is 1.87. The zero-order valence-electron chi connectivity index (χ0n) is 12.0. The van der Waals surface area contributed by atoms with Gasteiger partial charge in [0.15, 0.2) is 0 Å². The van der Waals surface area contributed by atoms with E-state index >= 15 is 0 Å². The molecule has 3 fully saturated rings. The molecule has 4 atom stereocenters. The molecule has 2 aliphatic carbocycles. The summed E-state index contributed by atoms with van der Waals surface area (Å²) in [5, 5.41) is 3.40. The summed E-state index contributed by atoms with van der Waals surface area (Å²) in [5.41, 5.74) is 2.49. The molecule has 1 amide bonds. The highest BCUT2D eigenvalue weighted by molar-refractivity contribution is 5.81. The van der Waals surface area contributed by atoms with E-state index in [9.17, 15) is 4.79 Å². The highest BCUT2D eigenvalue weighted by Gasteiger charge is 2.47. The average Bonchev–Trinajstić information content (AvgIpc) is 3.14. The van der Waals surface area contributed by atoms with Crippen LogP contribution in [-0.2, 0) is 4.79 Å². The molecule has 2 saturated carbocycles. The van der Waals surface area contributed by atoms with E-state index in [0.29, 0.717) is 12.6 Å². The van der Waals surface area contributed by atoms with Crippen LogP contribution in [0.3, 0.4) is 0 Å². The van der Waals surface area contributed by atoms with E-state index in [1.54, 1.807) is 0 Å². The van der Waals surface area contributed by atoms with Gasteiger partial charge in [-0.05, 0) is 43.6 Å². The van der Waals surface area contributed by atoms with Gasteiger partial charge in [0.25, 0.3) is 0 Å². The van der Waals surface area contributed by atoms with Crippen molar-refractivity contribution in [1.29, 1.82) is 0 Å². The minimum absolute atomic E-state index is 0.0902. The highest BCUT2D eigenvalue weighted by Crippen LogP contribution is 2.48. The van der Waals surface area contributed by atoms with Crippen LogP contribution in [0.4, 0.5) is 0 Å². The van der Waals surface area contributed by atoms with Crippen molar-refractivity contribution in [2.45, 2.75) is 44.8 Å². The summed E-state index contributed by atoms with van der Waals surface area (Å²) in [7, 11) is 0. The second-order valence-electron chi connectivity index (χ2n) is 6.74. The second kappa shape index (κ2) is 4.59. The fourth-order valence-corrected chi connectivity index (χ4v) is 4.47. The van der Waals surface area contributed by atoms with Crippen LogP contribution in [0.2, 0.25) is 0 Å². The molecule has 1 aromatic carbocycles. The lowest BCUT2D eigenvalue weighted by molar-refractivity contribution is -0.131. The topological polar surface area (TPSA) is 32.3 Å². The quantitative estimate of drug-likeness (QED) is 0.896. The Morgan fingerprint density at radius 1 is 1.15 bits per heavy atom. The Morgan fingerprint density at radius 2 is 1.95 bits per heavy atom. The number of nitrogens with one attached hydrogen (secondary N) is 1. The molecule has 3 nitrogen and oxygen atoms in total. The maximum Gasteiger partial charge on any atom is 0.238 e. The van der Waals surface area contributed by atoms with Crippen molar-refractivity contribution in [3.63, 3.8) is 0 Å². The maximum absolute atomic E-state index is 12.4. The number of amides is 1. The molecule has 0 spiro atoms. The van der Waals surface area contributed by atoms with Gasteiger partial charge in [-0.2, -0.15) is 0 Å².